The molecule has 0 amide bonds. The van der Waals surface area contributed by atoms with E-state index in [-0.39, 0.29) is 5.78 Å². The number of cyclic esters (lactones) is 2. The van der Waals surface area contributed by atoms with Crippen LogP contribution in [0.2, 0.25) is 0 Å². The van der Waals surface area contributed by atoms with Gasteiger partial charge in [0.1, 0.15) is 5.78 Å². The van der Waals surface area contributed by atoms with Crippen LogP contribution in [0.1, 0.15) is 53.9 Å². The molecule has 0 N–H and O–H groups in total. The van der Waals surface area contributed by atoms with Crippen molar-refractivity contribution in [3.8, 4) is 0 Å². The number of hydrogen-bond acceptors (Lipinski definition) is 4. The zero-order valence-corrected chi connectivity index (χ0v) is 14.8. The van der Waals surface area contributed by atoms with Crippen LogP contribution >= 0.6 is 0 Å². The maximum absolute atomic E-state index is 12.5. The predicted octanol–water partition coefficient (Wildman–Crippen LogP) is 3.24. The summed E-state index contributed by atoms with van der Waals surface area (Å²) in [7, 11) is 0. The van der Waals surface area contributed by atoms with E-state index in [1.807, 2.05) is 6.92 Å². The van der Waals surface area contributed by atoms with E-state index in [9.17, 15) is 14.4 Å². The van der Waals surface area contributed by atoms with E-state index in [4.69, 9.17) is 4.74 Å². The van der Waals surface area contributed by atoms with Crippen LogP contribution < -0.4 is 0 Å². The molecular weight excluding hydrogens is 292 g/mol. The number of hydrogen-bond donors (Lipinski definition) is 0. The second kappa shape index (κ2) is 5.42. The standard InChI is InChI=1S/C19H28O4/c1-9-6-13-7-14(9)15(10(13)2)8-19(5,12(4)20)16-11(3)17(21)23-18(16)22/h9-11,13-16H,6-8H2,1-5H3. The molecule has 2 aliphatic carbocycles. The third-order valence-electron chi connectivity index (χ3n) is 7.43. The molecule has 2 saturated carbocycles. The summed E-state index contributed by atoms with van der Waals surface area (Å²) in [6.45, 7) is 9.75. The molecule has 0 aromatic rings. The quantitative estimate of drug-likeness (QED) is 0.589. The molecule has 0 aromatic heterocycles. The van der Waals surface area contributed by atoms with E-state index in [1.165, 1.54) is 12.8 Å². The number of ketones is 1. The molecule has 1 saturated heterocycles. The monoisotopic (exact) mass is 320 g/mol. The van der Waals surface area contributed by atoms with Crippen molar-refractivity contribution in [1.29, 1.82) is 0 Å². The summed E-state index contributed by atoms with van der Waals surface area (Å²) in [4.78, 5) is 36.5. The Hall–Kier alpha value is -1.19. The molecule has 1 heterocycles. The number of carbonyl (C=O) groups excluding carboxylic acids is 3. The second-order valence-electron chi connectivity index (χ2n) is 8.58. The molecule has 0 spiro atoms. The first-order valence-electron chi connectivity index (χ1n) is 8.93. The van der Waals surface area contributed by atoms with Gasteiger partial charge in [0.05, 0.1) is 11.8 Å². The molecule has 4 nitrogen and oxygen atoms in total. The van der Waals surface area contributed by atoms with Gasteiger partial charge in [-0.25, -0.2) is 0 Å². The van der Waals surface area contributed by atoms with Gasteiger partial charge in [0.25, 0.3) is 0 Å². The van der Waals surface area contributed by atoms with E-state index in [0.717, 1.165) is 5.92 Å². The average Bonchev–Trinajstić information content (AvgIpc) is 3.05. The molecule has 4 heteroatoms. The van der Waals surface area contributed by atoms with Crippen molar-refractivity contribution < 1.29 is 19.1 Å². The highest BCUT2D eigenvalue weighted by Crippen LogP contribution is 2.59. The molecule has 1 aliphatic heterocycles. The largest absolute Gasteiger partial charge is 0.393 e. The van der Waals surface area contributed by atoms with Gasteiger partial charge in [0.15, 0.2) is 0 Å². The SMILES string of the molecule is CC(=O)C(C)(CC1C(C)C2CC(C)C1C2)C1C(=O)OC(=O)C1C. The number of Topliss-reactive ketones (excluding diaryl/α,β-unsaturated/α-hetero) is 1. The number of carbonyl (C=O) groups is 3. The summed E-state index contributed by atoms with van der Waals surface area (Å²) in [5.74, 6) is 1.02. The fraction of sp³-hybridized carbons (Fsp3) is 0.842. The fourth-order valence-corrected chi connectivity index (χ4v) is 5.82. The molecule has 8 unspecified atom stereocenters. The Morgan fingerprint density at radius 2 is 1.83 bits per heavy atom. The third-order valence-corrected chi connectivity index (χ3v) is 7.43. The van der Waals surface area contributed by atoms with Gasteiger partial charge in [-0.15, -0.1) is 0 Å². The van der Waals surface area contributed by atoms with Gasteiger partial charge in [-0.3, -0.25) is 14.4 Å². The highest BCUT2D eigenvalue weighted by molar-refractivity contribution is 6.00. The van der Waals surface area contributed by atoms with Crippen LogP contribution in [-0.2, 0) is 19.1 Å². The summed E-state index contributed by atoms with van der Waals surface area (Å²) in [6, 6.07) is 0. The highest BCUT2D eigenvalue weighted by atomic mass is 16.6. The lowest BCUT2D eigenvalue weighted by Gasteiger charge is -2.40. The Labute approximate surface area is 138 Å². The van der Waals surface area contributed by atoms with Gasteiger partial charge < -0.3 is 4.74 Å². The van der Waals surface area contributed by atoms with Crippen LogP contribution in [0.4, 0.5) is 0 Å². The zero-order valence-electron chi connectivity index (χ0n) is 14.8. The lowest BCUT2D eigenvalue weighted by Crippen LogP contribution is -2.43. The van der Waals surface area contributed by atoms with Crippen molar-refractivity contribution in [2.75, 3.05) is 0 Å². The second-order valence-corrected chi connectivity index (χ2v) is 8.58. The van der Waals surface area contributed by atoms with Crippen LogP contribution in [0.15, 0.2) is 0 Å². The Morgan fingerprint density at radius 3 is 2.30 bits per heavy atom. The van der Waals surface area contributed by atoms with Crippen molar-refractivity contribution in [3.05, 3.63) is 0 Å². The first-order chi connectivity index (χ1) is 10.7. The first-order valence-corrected chi connectivity index (χ1v) is 8.93. The molecule has 3 fully saturated rings. The van der Waals surface area contributed by atoms with Crippen molar-refractivity contribution in [2.24, 2.45) is 46.8 Å². The van der Waals surface area contributed by atoms with E-state index < -0.39 is 29.2 Å². The van der Waals surface area contributed by atoms with E-state index >= 15 is 0 Å². The molecule has 0 aromatic carbocycles. The predicted molar refractivity (Wildman–Crippen MR) is 85.2 cm³/mol. The van der Waals surface area contributed by atoms with E-state index in [0.29, 0.717) is 30.1 Å². The average molecular weight is 320 g/mol. The summed E-state index contributed by atoms with van der Waals surface area (Å²) in [5.41, 5.74) is -0.800. The minimum atomic E-state index is -0.800. The van der Waals surface area contributed by atoms with E-state index in [2.05, 4.69) is 13.8 Å². The topological polar surface area (TPSA) is 60.4 Å². The minimum Gasteiger partial charge on any atom is -0.393 e. The summed E-state index contributed by atoms with van der Waals surface area (Å²) >= 11 is 0. The molecule has 128 valence electrons. The van der Waals surface area contributed by atoms with Gasteiger partial charge >= 0.3 is 11.9 Å². The van der Waals surface area contributed by atoms with Gasteiger partial charge in [0, 0.05) is 5.41 Å². The molecule has 3 aliphatic rings. The van der Waals surface area contributed by atoms with Crippen molar-refractivity contribution >= 4 is 17.7 Å². The smallest absolute Gasteiger partial charge is 0.318 e. The number of rotatable bonds is 4. The van der Waals surface area contributed by atoms with E-state index in [1.54, 1.807) is 13.8 Å². The van der Waals surface area contributed by atoms with Crippen LogP contribution in [0, 0.1) is 46.8 Å². The van der Waals surface area contributed by atoms with Gasteiger partial charge in [-0.2, -0.15) is 0 Å². The Balaban J connectivity index is 1.89. The minimum absolute atomic E-state index is 0.00336. The Morgan fingerprint density at radius 1 is 1.17 bits per heavy atom. The van der Waals surface area contributed by atoms with Crippen molar-refractivity contribution in [3.63, 3.8) is 0 Å². The van der Waals surface area contributed by atoms with Gasteiger partial charge in [-0.05, 0) is 55.8 Å². The van der Waals surface area contributed by atoms with Crippen LogP contribution in [-0.4, -0.2) is 17.7 Å². The first kappa shape index (κ1) is 16.7. The summed E-state index contributed by atoms with van der Waals surface area (Å²) in [6.07, 6.45) is 3.25. The summed E-state index contributed by atoms with van der Waals surface area (Å²) in [5, 5.41) is 0. The molecule has 3 rings (SSSR count). The molecule has 2 bridgehead atoms. The van der Waals surface area contributed by atoms with Crippen LogP contribution in [0.3, 0.4) is 0 Å². The maximum atomic E-state index is 12.5. The summed E-state index contributed by atoms with van der Waals surface area (Å²) < 4.78 is 4.83. The number of fused-ring (bicyclic) bond motifs is 2. The van der Waals surface area contributed by atoms with Gasteiger partial charge in [-0.1, -0.05) is 27.7 Å². The molecule has 23 heavy (non-hydrogen) atoms. The van der Waals surface area contributed by atoms with Crippen molar-refractivity contribution in [1.82, 2.24) is 0 Å². The zero-order chi connectivity index (χ0) is 17.1. The third kappa shape index (κ3) is 2.36. The maximum Gasteiger partial charge on any atom is 0.318 e. The number of ether oxygens (including phenoxy) is 1. The Bertz CT molecular complexity index is 554. The lowest BCUT2D eigenvalue weighted by molar-refractivity contribution is -0.156. The van der Waals surface area contributed by atoms with Crippen LogP contribution in [0.5, 0.6) is 0 Å². The van der Waals surface area contributed by atoms with Gasteiger partial charge in [0.2, 0.25) is 0 Å². The normalized spacial score (nSPS) is 45.2. The highest BCUT2D eigenvalue weighted by Gasteiger charge is 2.58. The molecule has 8 atom stereocenters. The van der Waals surface area contributed by atoms with Crippen molar-refractivity contribution in [2.45, 2.75) is 53.9 Å². The Kier molecular flexibility index (Phi) is 3.93. The number of esters is 2. The lowest BCUT2D eigenvalue weighted by atomic mass is 9.61. The molecule has 0 radical (unpaired) electrons. The fourth-order valence-electron chi connectivity index (χ4n) is 5.82. The van der Waals surface area contributed by atoms with Crippen LogP contribution in [0.25, 0.3) is 0 Å². The molecular formula is C19H28O4.